The fraction of sp³-hybridized carbons (Fsp3) is 0.333. The summed E-state index contributed by atoms with van der Waals surface area (Å²) >= 11 is 0. The molecule has 0 fully saturated rings. The molecule has 1 heterocycles. The Balaban J connectivity index is 2.47. The van der Waals surface area contributed by atoms with E-state index in [0.717, 1.165) is 0 Å². The van der Waals surface area contributed by atoms with Crippen LogP contribution in [0, 0.1) is 18.3 Å². The standard InChI is InChI=1S/C21H23N3O4/c1-5-13(3)24-19(25)17(11-22)14(4)18(20(24)26)12-23-16-9-7-15(8-10-16)21(27)28-6-2/h7-10,12-13,26H,5-6H2,1-4H3/t13-/m0/s1. The number of benzene rings is 1. The number of ether oxygens (including phenoxy) is 1. The minimum absolute atomic E-state index is 0.0165. The maximum Gasteiger partial charge on any atom is 0.338 e. The molecule has 0 aliphatic carbocycles. The molecule has 0 saturated carbocycles. The number of aliphatic imine (C=N–C) groups is 1. The Morgan fingerprint density at radius 2 is 2.00 bits per heavy atom. The van der Waals surface area contributed by atoms with Crippen molar-refractivity contribution in [3.05, 3.63) is 56.9 Å². The predicted molar refractivity (Wildman–Crippen MR) is 106 cm³/mol. The van der Waals surface area contributed by atoms with Gasteiger partial charge in [-0.25, -0.2) is 4.79 Å². The second-order valence-electron chi connectivity index (χ2n) is 6.31. The number of nitriles is 1. The van der Waals surface area contributed by atoms with Crippen LogP contribution in [-0.4, -0.2) is 28.5 Å². The molecule has 0 aliphatic rings. The first-order valence-electron chi connectivity index (χ1n) is 9.05. The molecule has 2 rings (SSSR count). The van der Waals surface area contributed by atoms with Gasteiger partial charge in [-0.1, -0.05) is 6.92 Å². The molecule has 7 nitrogen and oxygen atoms in total. The van der Waals surface area contributed by atoms with E-state index in [-0.39, 0.29) is 17.5 Å². The van der Waals surface area contributed by atoms with Crippen LogP contribution in [0.15, 0.2) is 34.1 Å². The first kappa shape index (κ1) is 20.9. The number of aromatic nitrogens is 1. The normalized spacial score (nSPS) is 12.0. The molecule has 0 unspecified atom stereocenters. The van der Waals surface area contributed by atoms with Crippen LogP contribution in [0.25, 0.3) is 0 Å². The summed E-state index contributed by atoms with van der Waals surface area (Å²) < 4.78 is 6.16. The smallest absolute Gasteiger partial charge is 0.338 e. The van der Waals surface area contributed by atoms with Crippen LogP contribution in [0.1, 0.15) is 60.3 Å². The van der Waals surface area contributed by atoms with Gasteiger partial charge >= 0.3 is 5.97 Å². The fourth-order valence-corrected chi connectivity index (χ4v) is 2.72. The van der Waals surface area contributed by atoms with E-state index < -0.39 is 11.5 Å². The summed E-state index contributed by atoms with van der Waals surface area (Å²) in [5, 5.41) is 20.0. The number of hydrogen-bond acceptors (Lipinski definition) is 6. The lowest BCUT2D eigenvalue weighted by molar-refractivity contribution is 0.0526. The third-order valence-corrected chi connectivity index (χ3v) is 4.55. The average molecular weight is 381 g/mol. The second kappa shape index (κ2) is 9.00. The molecule has 0 radical (unpaired) electrons. The summed E-state index contributed by atoms with van der Waals surface area (Å²) in [5.41, 5.74) is 1.12. The number of esters is 1. The van der Waals surface area contributed by atoms with Gasteiger partial charge in [0.15, 0.2) is 0 Å². The third kappa shape index (κ3) is 4.12. The molecule has 0 spiro atoms. The molecule has 0 bridgehead atoms. The van der Waals surface area contributed by atoms with Crippen molar-refractivity contribution < 1.29 is 14.6 Å². The number of pyridine rings is 1. The van der Waals surface area contributed by atoms with Crippen molar-refractivity contribution >= 4 is 17.9 Å². The van der Waals surface area contributed by atoms with Crippen LogP contribution in [0.4, 0.5) is 5.69 Å². The van der Waals surface area contributed by atoms with Crippen LogP contribution < -0.4 is 5.56 Å². The SMILES string of the molecule is CCOC(=O)c1ccc(N=Cc2c(C)c(C#N)c(=O)n([C@@H](C)CC)c2O)cc1. The summed E-state index contributed by atoms with van der Waals surface area (Å²) in [7, 11) is 0. The number of rotatable bonds is 6. The van der Waals surface area contributed by atoms with E-state index in [2.05, 4.69) is 4.99 Å². The fourth-order valence-electron chi connectivity index (χ4n) is 2.72. The van der Waals surface area contributed by atoms with E-state index in [1.807, 2.05) is 13.0 Å². The number of aromatic hydroxyl groups is 1. The number of nitrogens with zero attached hydrogens (tertiary/aromatic N) is 3. The van der Waals surface area contributed by atoms with E-state index in [1.54, 1.807) is 45.0 Å². The highest BCUT2D eigenvalue weighted by Gasteiger charge is 2.20. The van der Waals surface area contributed by atoms with Gasteiger partial charge in [-0.3, -0.25) is 14.4 Å². The lowest BCUT2D eigenvalue weighted by Crippen LogP contribution is -2.27. The van der Waals surface area contributed by atoms with Gasteiger partial charge in [0, 0.05) is 12.3 Å². The number of carbonyl (C=O) groups is 1. The molecule has 1 aromatic heterocycles. The van der Waals surface area contributed by atoms with Gasteiger partial charge in [-0.05, 0) is 57.0 Å². The van der Waals surface area contributed by atoms with Crippen LogP contribution in [-0.2, 0) is 4.74 Å². The maximum absolute atomic E-state index is 12.5. The molecule has 1 N–H and O–H groups in total. The summed E-state index contributed by atoms with van der Waals surface area (Å²) in [6.07, 6.45) is 2.04. The van der Waals surface area contributed by atoms with Gasteiger partial charge in [-0.15, -0.1) is 0 Å². The molecular formula is C21H23N3O4. The molecular weight excluding hydrogens is 358 g/mol. The minimum atomic E-state index is -0.511. The lowest BCUT2D eigenvalue weighted by atomic mass is 10.0. The Bertz CT molecular complexity index is 998. The molecule has 0 aliphatic heterocycles. The first-order chi connectivity index (χ1) is 13.3. The van der Waals surface area contributed by atoms with E-state index in [1.165, 1.54) is 10.8 Å². The second-order valence-corrected chi connectivity index (χ2v) is 6.31. The van der Waals surface area contributed by atoms with Crippen LogP contribution in [0.5, 0.6) is 5.88 Å². The highest BCUT2D eigenvalue weighted by molar-refractivity contribution is 5.90. The van der Waals surface area contributed by atoms with Crippen LogP contribution in [0.3, 0.4) is 0 Å². The molecule has 2 aromatic rings. The summed E-state index contributed by atoms with van der Waals surface area (Å²) in [4.78, 5) is 28.5. The van der Waals surface area contributed by atoms with Gasteiger partial charge in [0.25, 0.3) is 5.56 Å². The summed E-state index contributed by atoms with van der Waals surface area (Å²) in [5.74, 6) is -0.631. The number of carbonyl (C=O) groups excluding carboxylic acids is 1. The van der Waals surface area contributed by atoms with Gasteiger partial charge in [0.05, 0.1) is 23.4 Å². The largest absolute Gasteiger partial charge is 0.494 e. The Morgan fingerprint density at radius 3 is 2.54 bits per heavy atom. The van der Waals surface area contributed by atoms with Crippen molar-refractivity contribution in [2.24, 2.45) is 4.99 Å². The van der Waals surface area contributed by atoms with Crippen molar-refractivity contribution in [2.75, 3.05) is 6.61 Å². The zero-order valence-electron chi connectivity index (χ0n) is 16.4. The summed E-state index contributed by atoms with van der Waals surface area (Å²) in [6.45, 7) is 7.32. The van der Waals surface area contributed by atoms with Crippen LogP contribution in [0.2, 0.25) is 0 Å². The average Bonchev–Trinajstić information content (AvgIpc) is 2.68. The zero-order valence-corrected chi connectivity index (χ0v) is 16.4. The van der Waals surface area contributed by atoms with E-state index in [9.17, 15) is 20.0 Å². The third-order valence-electron chi connectivity index (χ3n) is 4.55. The Morgan fingerprint density at radius 1 is 1.36 bits per heavy atom. The van der Waals surface area contributed by atoms with Crippen LogP contribution >= 0.6 is 0 Å². The maximum atomic E-state index is 12.5. The first-order valence-corrected chi connectivity index (χ1v) is 9.05. The molecule has 0 amide bonds. The molecule has 1 aromatic carbocycles. The highest BCUT2D eigenvalue weighted by Crippen LogP contribution is 2.25. The minimum Gasteiger partial charge on any atom is -0.494 e. The topological polar surface area (TPSA) is 105 Å². The Kier molecular flexibility index (Phi) is 6.72. The van der Waals surface area contributed by atoms with Crippen molar-refractivity contribution in [1.29, 1.82) is 5.26 Å². The number of hydrogen-bond donors (Lipinski definition) is 1. The van der Waals surface area contributed by atoms with Crippen molar-refractivity contribution in [3.63, 3.8) is 0 Å². The van der Waals surface area contributed by atoms with Gasteiger partial charge in [-0.2, -0.15) is 5.26 Å². The van der Waals surface area contributed by atoms with E-state index >= 15 is 0 Å². The molecule has 146 valence electrons. The van der Waals surface area contributed by atoms with E-state index in [0.29, 0.717) is 35.4 Å². The van der Waals surface area contributed by atoms with Crippen molar-refractivity contribution in [3.8, 4) is 11.9 Å². The van der Waals surface area contributed by atoms with Gasteiger partial charge in [0.1, 0.15) is 11.6 Å². The Hall–Kier alpha value is -3.40. The van der Waals surface area contributed by atoms with Gasteiger partial charge in [0.2, 0.25) is 5.88 Å². The van der Waals surface area contributed by atoms with Gasteiger partial charge < -0.3 is 9.84 Å². The van der Waals surface area contributed by atoms with Crippen molar-refractivity contribution in [2.45, 2.75) is 40.2 Å². The zero-order chi connectivity index (χ0) is 20.8. The molecule has 0 saturated heterocycles. The molecule has 28 heavy (non-hydrogen) atoms. The van der Waals surface area contributed by atoms with Crippen molar-refractivity contribution in [1.82, 2.24) is 4.57 Å². The summed E-state index contributed by atoms with van der Waals surface area (Å²) in [6, 6.07) is 8.13. The predicted octanol–water partition coefficient (Wildman–Crippen LogP) is 3.63. The van der Waals surface area contributed by atoms with E-state index in [4.69, 9.17) is 4.74 Å². The molecule has 1 atom stereocenters. The lowest BCUT2D eigenvalue weighted by Gasteiger charge is -2.18. The molecule has 7 heteroatoms. The quantitative estimate of drug-likeness (QED) is 0.608. The highest BCUT2D eigenvalue weighted by atomic mass is 16.5. The Labute approximate surface area is 163 Å². The monoisotopic (exact) mass is 381 g/mol.